The van der Waals surface area contributed by atoms with Crippen molar-refractivity contribution in [2.45, 2.75) is 50.9 Å². The van der Waals surface area contributed by atoms with Crippen molar-refractivity contribution in [1.82, 2.24) is 5.32 Å². The normalized spacial score (nSPS) is 15.9. The molecule has 4 nitrogen and oxygen atoms in total. The number of carbonyl (C=O) groups excluding carboxylic acids is 2. The van der Waals surface area contributed by atoms with E-state index in [0.717, 1.165) is 43.1 Å². The zero-order valence-corrected chi connectivity index (χ0v) is 16.4. The van der Waals surface area contributed by atoms with E-state index in [2.05, 4.69) is 5.32 Å². The van der Waals surface area contributed by atoms with E-state index in [9.17, 15) is 27.2 Å². The van der Waals surface area contributed by atoms with Crippen molar-refractivity contribution in [2.24, 2.45) is 0 Å². The summed E-state index contributed by atoms with van der Waals surface area (Å²) in [6.07, 6.45) is -1.93. The maximum atomic E-state index is 14.1. The number of nitrogens with zero attached hydrogens (tertiary/aromatic N) is 1. The van der Waals surface area contributed by atoms with Crippen LogP contribution in [0.3, 0.4) is 0 Å². The Labute approximate surface area is 169 Å². The van der Waals surface area contributed by atoms with Crippen LogP contribution in [0.15, 0.2) is 35.7 Å². The zero-order chi connectivity index (χ0) is 21.2. The number of amides is 2. The molecule has 1 aliphatic rings. The standard InChI is InChI=1S/C20H20F4N2O2S/c1-12-8-9-14(11-15(12)21)26(19(28)20(22,23)24)17(16-7-4-10-29-16)18(27)25-13-5-2-3-6-13/h4,7-11,13,17H,2-3,5-6H2,1H3,(H,25,27). The maximum Gasteiger partial charge on any atom is 0.471 e. The zero-order valence-electron chi connectivity index (χ0n) is 15.6. The van der Waals surface area contributed by atoms with Gasteiger partial charge in [-0.05, 0) is 48.9 Å². The molecule has 0 radical (unpaired) electrons. The van der Waals surface area contributed by atoms with Crippen molar-refractivity contribution in [3.8, 4) is 0 Å². The van der Waals surface area contributed by atoms with Crippen molar-refractivity contribution in [1.29, 1.82) is 0 Å². The van der Waals surface area contributed by atoms with Gasteiger partial charge in [0.25, 0.3) is 0 Å². The summed E-state index contributed by atoms with van der Waals surface area (Å²) < 4.78 is 54.4. The number of hydrogen-bond acceptors (Lipinski definition) is 3. The predicted octanol–water partition coefficient (Wildman–Crippen LogP) is 4.89. The summed E-state index contributed by atoms with van der Waals surface area (Å²) in [5.74, 6) is -3.69. The highest BCUT2D eigenvalue weighted by atomic mass is 32.1. The van der Waals surface area contributed by atoms with Gasteiger partial charge in [-0.25, -0.2) is 4.39 Å². The average Bonchev–Trinajstić information content (AvgIpc) is 3.34. The molecule has 0 spiro atoms. The molecular formula is C20H20F4N2O2S. The molecule has 0 bridgehead atoms. The van der Waals surface area contributed by atoms with Crippen LogP contribution in [0.1, 0.15) is 42.2 Å². The molecule has 9 heteroatoms. The lowest BCUT2D eigenvalue weighted by Crippen LogP contribution is -2.50. The Hall–Kier alpha value is -2.42. The molecule has 1 fully saturated rings. The monoisotopic (exact) mass is 428 g/mol. The number of anilines is 1. The first kappa shape index (κ1) is 21.3. The van der Waals surface area contributed by atoms with E-state index < -0.39 is 29.8 Å². The van der Waals surface area contributed by atoms with Crippen LogP contribution in [0.2, 0.25) is 0 Å². The Bertz CT molecular complexity index is 877. The quantitative estimate of drug-likeness (QED) is 0.690. The van der Waals surface area contributed by atoms with Crippen LogP contribution in [-0.4, -0.2) is 24.0 Å². The summed E-state index contributed by atoms with van der Waals surface area (Å²) >= 11 is 1.06. The highest BCUT2D eigenvalue weighted by Gasteiger charge is 2.48. The third-order valence-corrected chi connectivity index (χ3v) is 5.84. The summed E-state index contributed by atoms with van der Waals surface area (Å²) in [6.45, 7) is 1.46. The second kappa shape index (κ2) is 8.52. The van der Waals surface area contributed by atoms with Gasteiger partial charge in [0, 0.05) is 16.6 Å². The molecule has 1 aromatic carbocycles. The van der Waals surface area contributed by atoms with E-state index in [0.29, 0.717) is 4.90 Å². The summed E-state index contributed by atoms with van der Waals surface area (Å²) in [6, 6.07) is 4.72. The fourth-order valence-corrected chi connectivity index (χ4v) is 4.24. The van der Waals surface area contributed by atoms with Crippen LogP contribution in [0.5, 0.6) is 0 Å². The van der Waals surface area contributed by atoms with E-state index in [1.807, 2.05) is 0 Å². The van der Waals surface area contributed by atoms with Gasteiger partial charge in [0.05, 0.1) is 0 Å². The smallest absolute Gasteiger partial charge is 0.351 e. The van der Waals surface area contributed by atoms with Gasteiger partial charge in [0.2, 0.25) is 5.91 Å². The Morgan fingerprint density at radius 2 is 1.90 bits per heavy atom. The Balaban J connectivity index is 2.07. The number of aryl methyl sites for hydroxylation is 1. The largest absolute Gasteiger partial charge is 0.471 e. The molecule has 29 heavy (non-hydrogen) atoms. The fraction of sp³-hybridized carbons (Fsp3) is 0.400. The van der Waals surface area contributed by atoms with Gasteiger partial charge in [0.1, 0.15) is 5.82 Å². The first-order valence-electron chi connectivity index (χ1n) is 9.19. The van der Waals surface area contributed by atoms with Gasteiger partial charge in [-0.1, -0.05) is 25.0 Å². The number of halogens is 4. The molecule has 156 valence electrons. The summed E-state index contributed by atoms with van der Waals surface area (Å²) in [5, 5.41) is 4.37. The van der Waals surface area contributed by atoms with Crippen molar-refractivity contribution in [3.63, 3.8) is 0 Å². The highest BCUT2D eigenvalue weighted by Crippen LogP contribution is 2.35. The third-order valence-electron chi connectivity index (χ3n) is 4.92. The van der Waals surface area contributed by atoms with Gasteiger partial charge in [-0.3, -0.25) is 14.5 Å². The summed E-state index contributed by atoms with van der Waals surface area (Å²) in [5.41, 5.74) is -0.105. The number of hydrogen-bond donors (Lipinski definition) is 1. The highest BCUT2D eigenvalue weighted by molar-refractivity contribution is 7.10. The molecule has 3 rings (SSSR count). The van der Waals surface area contributed by atoms with Crippen LogP contribution in [0.25, 0.3) is 0 Å². The lowest BCUT2D eigenvalue weighted by Gasteiger charge is -2.32. The minimum atomic E-state index is -5.23. The van der Waals surface area contributed by atoms with Crippen LogP contribution >= 0.6 is 11.3 Å². The van der Waals surface area contributed by atoms with Gasteiger partial charge in [0.15, 0.2) is 6.04 Å². The fourth-order valence-electron chi connectivity index (χ4n) is 3.42. The van der Waals surface area contributed by atoms with Crippen LogP contribution in [0, 0.1) is 12.7 Å². The van der Waals surface area contributed by atoms with Crippen molar-refractivity contribution >= 4 is 28.8 Å². The van der Waals surface area contributed by atoms with Crippen LogP contribution in [0.4, 0.5) is 23.2 Å². The Kier molecular flexibility index (Phi) is 6.26. The van der Waals surface area contributed by atoms with E-state index in [1.165, 1.54) is 25.1 Å². The van der Waals surface area contributed by atoms with Gasteiger partial charge < -0.3 is 5.32 Å². The number of rotatable bonds is 5. The first-order valence-corrected chi connectivity index (χ1v) is 10.1. The second-order valence-corrected chi connectivity index (χ2v) is 7.99. The molecule has 1 unspecified atom stereocenters. The second-order valence-electron chi connectivity index (χ2n) is 7.01. The molecule has 1 aromatic heterocycles. The molecule has 0 saturated heterocycles. The number of carbonyl (C=O) groups is 2. The molecule has 0 aliphatic heterocycles. The lowest BCUT2D eigenvalue weighted by atomic mass is 10.1. The van der Waals surface area contributed by atoms with Crippen molar-refractivity contribution in [3.05, 3.63) is 52.0 Å². The minimum Gasteiger partial charge on any atom is -0.351 e. The Morgan fingerprint density at radius 1 is 1.21 bits per heavy atom. The molecule has 1 aliphatic carbocycles. The molecular weight excluding hydrogens is 408 g/mol. The third kappa shape index (κ3) is 4.77. The van der Waals surface area contributed by atoms with Gasteiger partial charge in [-0.2, -0.15) is 13.2 Å². The lowest BCUT2D eigenvalue weighted by molar-refractivity contribution is -0.171. The average molecular weight is 428 g/mol. The molecule has 1 atom stereocenters. The maximum absolute atomic E-state index is 14.1. The van der Waals surface area contributed by atoms with Crippen LogP contribution in [-0.2, 0) is 9.59 Å². The van der Waals surface area contributed by atoms with Crippen LogP contribution < -0.4 is 10.2 Å². The SMILES string of the molecule is Cc1ccc(N(C(=O)C(F)(F)F)C(C(=O)NC2CCCC2)c2cccs2)cc1F. The molecule has 2 amide bonds. The predicted molar refractivity (Wildman–Crippen MR) is 102 cm³/mol. The summed E-state index contributed by atoms with van der Waals surface area (Å²) in [4.78, 5) is 26.0. The number of alkyl halides is 3. The topological polar surface area (TPSA) is 49.4 Å². The Morgan fingerprint density at radius 3 is 2.45 bits per heavy atom. The van der Waals surface area contributed by atoms with Crippen molar-refractivity contribution in [2.75, 3.05) is 4.90 Å². The molecule has 2 aromatic rings. The number of benzene rings is 1. The number of nitrogens with one attached hydrogen (secondary N) is 1. The van der Waals surface area contributed by atoms with E-state index >= 15 is 0 Å². The number of thiophene rings is 1. The van der Waals surface area contributed by atoms with E-state index in [4.69, 9.17) is 0 Å². The van der Waals surface area contributed by atoms with Crippen molar-refractivity contribution < 1.29 is 27.2 Å². The first-order chi connectivity index (χ1) is 13.7. The van der Waals surface area contributed by atoms with E-state index in [-0.39, 0.29) is 22.2 Å². The van der Waals surface area contributed by atoms with Gasteiger partial charge >= 0.3 is 12.1 Å². The molecule has 1 N–H and O–H groups in total. The van der Waals surface area contributed by atoms with Gasteiger partial charge in [-0.15, -0.1) is 11.3 Å². The molecule has 1 saturated carbocycles. The molecule has 1 heterocycles. The minimum absolute atomic E-state index is 0.150. The van der Waals surface area contributed by atoms with E-state index in [1.54, 1.807) is 11.4 Å². The summed E-state index contributed by atoms with van der Waals surface area (Å²) in [7, 11) is 0.